The lowest BCUT2D eigenvalue weighted by Gasteiger charge is -2.33. The van der Waals surface area contributed by atoms with Gasteiger partial charge in [0.1, 0.15) is 5.75 Å². The molecule has 1 saturated carbocycles. The van der Waals surface area contributed by atoms with E-state index >= 15 is 0 Å². The maximum atomic E-state index is 9.54. The average Bonchev–Trinajstić information content (AvgIpc) is 2.39. The van der Waals surface area contributed by atoms with E-state index in [1.165, 1.54) is 31.2 Å². The zero-order valence-corrected chi connectivity index (χ0v) is 12.4. The Morgan fingerprint density at radius 3 is 2.37 bits per heavy atom. The van der Waals surface area contributed by atoms with E-state index in [2.05, 4.69) is 32.2 Å². The quantitative estimate of drug-likeness (QED) is 0.849. The van der Waals surface area contributed by atoms with Crippen LogP contribution in [0.15, 0.2) is 24.3 Å². The predicted molar refractivity (Wildman–Crippen MR) is 80.2 cm³/mol. The molecule has 1 fully saturated rings. The molecular weight excluding hydrogens is 234 g/mol. The molecule has 0 spiro atoms. The van der Waals surface area contributed by atoms with Gasteiger partial charge in [-0.15, -0.1) is 0 Å². The molecule has 0 radical (unpaired) electrons. The summed E-state index contributed by atoms with van der Waals surface area (Å²) in [7, 11) is 0. The molecule has 0 bridgehead atoms. The molecule has 0 amide bonds. The van der Waals surface area contributed by atoms with Crippen LogP contribution in [-0.2, 0) is 0 Å². The highest BCUT2D eigenvalue weighted by molar-refractivity contribution is 5.29. The van der Waals surface area contributed by atoms with Crippen LogP contribution in [-0.4, -0.2) is 11.1 Å². The summed E-state index contributed by atoms with van der Waals surface area (Å²) >= 11 is 0. The van der Waals surface area contributed by atoms with Crippen LogP contribution in [0.4, 0.5) is 0 Å². The molecule has 1 atom stereocenters. The second-order valence-corrected chi connectivity index (χ2v) is 6.34. The number of phenols is 1. The maximum absolute atomic E-state index is 9.54. The van der Waals surface area contributed by atoms with E-state index in [1.54, 1.807) is 6.07 Å². The van der Waals surface area contributed by atoms with Crippen LogP contribution in [0.2, 0.25) is 0 Å². The molecule has 106 valence electrons. The Bertz CT molecular complexity index is 394. The molecule has 1 aromatic rings. The normalized spacial score (nSPS) is 25.5. The summed E-state index contributed by atoms with van der Waals surface area (Å²) in [6.45, 7) is 6.87. The first-order valence-corrected chi connectivity index (χ1v) is 7.61. The Hall–Kier alpha value is -1.02. The highest BCUT2D eigenvalue weighted by Crippen LogP contribution is 2.31. The van der Waals surface area contributed by atoms with E-state index in [0.29, 0.717) is 17.8 Å². The molecule has 19 heavy (non-hydrogen) atoms. The Morgan fingerprint density at radius 2 is 1.79 bits per heavy atom. The largest absolute Gasteiger partial charge is 0.508 e. The number of hydrogen-bond donors (Lipinski definition) is 2. The molecule has 0 saturated heterocycles. The molecule has 2 N–H and O–H groups in total. The molecule has 2 heteroatoms. The van der Waals surface area contributed by atoms with Gasteiger partial charge in [-0.1, -0.05) is 26.0 Å². The minimum atomic E-state index is 0.313. The number of benzene rings is 1. The molecule has 1 unspecified atom stereocenters. The molecule has 0 aliphatic heterocycles. The van der Waals surface area contributed by atoms with Crippen LogP contribution < -0.4 is 5.32 Å². The standard InChI is InChI=1S/C17H27NO/c1-12(2)14-7-9-16(10-8-14)18-13(3)15-5-4-6-17(19)11-15/h4-6,11-14,16,18-19H,7-10H2,1-3H3. The van der Waals surface area contributed by atoms with Crippen molar-refractivity contribution in [1.82, 2.24) is 5.32 Å². The van der Waals surface area contributed by atoms with Gasteiger partial charge in [0.05, 0.1) is 0 Å². The van der Waals surface area contributed by atoms with Gasteiger partial charge in [0, 0.05) is 12.1 Å². The fourth-order valence-corrected chi connectivity index (χ4v) is 3.20. The summed E-state index contributed by atoms with van der Waals surface area (Å²) in [4.78, 5) is 0. The van der Waals surface area contributed by atoms with E-state index in [4.69, 9.17) is 0 Å². The molecule has 1 aliphatic carbocycles. The molecule has 1 aliphatic rings. The number of rotatable bonds is 4. The van der Waals surface area contributed by atoms with Crippen LogP contribution in [0.25, 0.3) is 0 Å². The van der Waals surface area contributed by atoms with Crippen molar-refractivity contribution in [3.8, 4) is 5.75 Å². The lowest BCUT2D eigenvalue weighted by atomic mass is 9.79. The second kappa shape index (κ2) is 6.42. The van der Waals surface area contributed by atoms with Crippen LogP contribution >= 0.6 is 0 Å². The first-order chi connectivity index (χ1) is 9.06. The highest BCUT2D eigenvalue weighted by Gasteiger charge is 2.24. The van der Waals surface area contributed by atoms with Gasteiger partial charge in [-0.3, -0.25) is 0 Å². The Morgan fingerprint density at radius 1 is 1.11 bits per heavy atom. The lowest BCUT2D eigenvalue weighted by molar-refractivity contribution is 0.231. The van der Waals surface area contributed by atoms with Crippen molar-refractivity contribution >= 4 is 0 Å². The fourth-order valence-electron chi connectivity index (χ4n) is 3.20. The fraction of sp³-hybridized carbons (Fsp3) is 0.647. The summed E-state index contributed by atoms with van der Waals surface area (Å²) < 4.78 is 0. The van der Waals surface area contributed by atoms with Crippen molar-refractivity contribution in [3.05, 3.63) is 29.8 Å². The third-order valence-electron chi connectivity index (χ3n) is 4.57. The van der Waals surface area contributed by atoms with E-state index < -0.39 is 0 Å². The molecule has 1 aromatic carbocycles. The number of aromatic hydroxyl groups is 1. The monoisotopic (exact) mass is 261 g/mol. The van der Waals surface area contributed by atoms with Crippen molar-refractivity contribution in [2.75, 3.05) is 0 Å². The summed E-state index contributed by atoms with van der Waals surface area (Å²) in [6, 6.07) is 8.52. The van der Waals surface area contributed by atoms with Crippen molar-refractivity contribution < 1.29 is 5.11 Å². The Labute approximate surface area is 117 Å². The van der Waals surface area contributed by atoms with E-state index in [-0.39, 0.29) is 0 Å². The van der Waals surface area contributed by atoms with Gasteiger partial charge in [-0.2, -0.15) is 0 Å². The van der Waals surface area contributed by atoms with Crippen LogP contribution in [0.3, 0.4) is 0 Å². The maximum Gasteiger partial charge on any atom is 0.115 e. The number of hydrogen-bond acceptors (Lipinski definition) is 2. The summed E-state index contributed by atoms with van der Waals surface area (Å²) in [5.41, 5.74) is 1.17. The van der Waals surface area contributed by atoms with Gasteiger partial charge in [0.15, 0.2) is 0 Å². The SMILES string of the molecule is CC(NC1CCC(C(C)C)CC1)c1cccc(O)c1. The van der Waals surface area contributed by atoms with Gasteiger partial charge >= 0.3 is 0 Å². The first kappa shape index (κ1) is 14.4. The third kappa shape index (κ3) is 3.97. The molecular formula is C17H27NO. The zero-order valence-electron chi connectivity index (χ0n) is 12.4. The number of nitrogens with one attached hydrogen (secondary N) is 1. The number of phenolic OH excluding ortho intramolecular Hbond substituents is 1. The Balaban J connectivity index is 1.85. The van der Waals surface area contributed by atoms with Crippen LogP contribution in [0.1, 0.15) is 58.1 Å². The summed E-state index contributed by atoms with van der Waals surface area (Å²) in [6.07, 6.45) is 5.27. The third-order valence-corrected chi connectivity index (χ3v) is 4.57. The van der Waals surface area contributed by atoms with Gasteiger partial charge in [0.2, 0.25) is 0 Å². The average molecular weight is 261 g/mol. The second-order valence-electron chi connectivity index (χ2n) is 6.34. The summed E-state index contributed by atoms with van der Waals surface area (Å²) in [5.74, 6) is 2.09. The smallest absolute Gasteiger partial charge is 0.115 e. The summed E-state index contributed by atoms with van der Waals surface area (Å²) in [5, 5.41) is 13.2. The van der Waals surface area contributed by atoms with Gasteiger partial charge in [-0.25, -0.2) is 0 Å². The van der Waals surface area contributed by atoms with Crippen molar-refractivity contribution in [1.29, 1.82) is 0 Å². The lowest BCUT2D eigenvalue weighted by Crippen LogP contribution is -2.35. The van der Waals surface area contributed by atoms with Crippen LogP contribution in [0.5, 0.6) is 5.75 Å². The molecule has 0 heterocycles. The van der Waals surface area contributed by atoms with Crippen molar-refractivity contribution in [2.24, 2.45) is 11.8 Å². The van der Waals surface area contributed by atoms with Gasteiger partial charge in [-0.05, 0) is 62.1 Å². The topological polar surface area (TPSA) is 32.3 Å². The predicted octanol–water partition coefficient (Wildman–Crippen LogP) is 4.26. The van der Waals surface area contributed by atoms with Crippen LogP contribution in [0, 0.1) is 11.8 Å². The van der Waals surface area contributed by atoms with Gasteiger partial charge in [0.25, 0.3) is 0 Å². The minimum Gasteiger partial charge on any atom is -0.508 e. The molecule has 2 nitrogen and oxygen atoms in total. The van der Waals surface area contributed by atoms with Gasteiger partial charge < -0.3 is 10.4 Å². The molecule has 0 aromatic heterocycles. The van der Waals surface area contributed by atoms with Crippen molar-refractivity contribution in [3.63, 3.8) is 0 Å². The minimum absolute atomic E-state index is 0.313. The van der Waals surface area contributed by atoms with E-state index in [1.807, 2.05) is 12.1 Å². The van der Waals surface area contributed by atoms with Crippen molar-refractivity contribution in [2.45, 2.75) is 58.5 Å². The van der Waals surface area contributed by atoms with E-state index in [0.717, 1.165) is 11.8 Å². The Kier molecular flexibility index (Phi) is 4.87. The highest BCUT2D eigenvalue weighted by atomic mass is 16.3. The van der Waals surface area contributed by atoms with E-state index in [9.17, 15) is 5.11 Å². The first-order valence-electron chi connectivity index (χ1n) is 7.61. The zero-order chi connectivity index (χ0) is 13.8. The molecule has 2 rings (SSSR count).